The van der Waals surface area contributed by atoms with Gasteiger partial charge >= 0.3 is 6.18 Å². The average molecular weight is 237 g/mol. The first kappa shape index (κ1) is 13.0. The van der Waals surface area contributed by atoms with Gasteiger partial charge in [-0.3, -0.25) is 0 Å². The monoisotopic (exact) mass is 237 g/mol. The van der Waals surface area contributed by atoms with Crippen molar-refractivity contribution in [3.05, 3.63) is 18.2 Å². The van der Waals surface area contributed by atoms with Crippen molar-refractivity contribution < 1.29 is 17.9 Å². The summed E-state index contributed by atoms with van der Waals surface area (Å²) in [7, 11) is 3.42. The molecule has 0 spiro atoms. The Kier molecular flexibility index (Phi) is 4.31. The first-order valence-corrected chi connectivity index (χ1v) is 4.73. The summed E-state index contributed by atoms with van der Waals surface area (Å²) in [6.07, 6.45) is -0.979. The lowest BCUT2D eigenvalue weighted by Crippen LogP contribution is -2.27. The number of rotatable bonds is 5. The number of nitrogens with one attached hydrogen (secondary N) is 1. The zero-order valence-corrected chi connectivity index (χ0v) is 9.08. The van der Waals surface area contributed by atoms with E-state index in [0.29, 0.717) is 5.82 Å². The Morgan fingerprint density at radius 2 is 2.25 bits per heavy atom. The second-order valence-corrected chi connectivity index (χ2v) is 3.37. The summed E-state index contributed by atoms with van der Waals surface area (Å²) in [6, 6.07) is -0.345. The van der Waals surface area contributed by atoms with Crippen molar-refractivity contribution in [1.29, 1.82) is 0 Å². The summed E-state index contributed by atoms with van der Waals surface area (Å²) in [4.78, 5) is 4.04. The number of nitrogens with zero attached hydrogens (tertiary/aromatic N) is 2. The number of hydrogen-bond acceptors (Lipinski definition) is 3. The van der Waals surface area contributed by atoms with Gasteiger partial charge in [0.1, 0.15) is 12.4 Å². The number of aryl methyl sites for hydroxylation is 1. The fourth-order valence-electron chi connectivity index (χ4n) is 1.29. The third kappa shape index (κ3) is 3.82. The van der Waals surface area contributed by atoms with E-state index in [9.17, 15) is 13.2 Å². The molecule has 0 radical (unpaired) electrons. The largest absolute Gasteiger partial charge is 0.411 e. The summed E-state index contributed by atoms with van der Waals surface area (Å²) in [5.41, 5.74) is 0. The van der Waals surface area contributed by atoms with Gasteiger partial charge in [-0.2, -0.15) is 13.2 Å². The molecular formula is C9H14F3N3O. The van der Waals surface area contributed by atoms with E-state index in [1.54, 1.807) is 31.1 Å². The number of likely N-dealkylation sites (N-methyl/N-ethyl adjacent to an activating group) is 1. The molecule has 1 aromatic rings. The van der Waals surface area contributed by atoms with E-state index < -0.39 is 12.8 Å². The van der Waals surface area contributed by atoms with Crippen molar-refractivity contribution >= 4 is 0 Å². The Morgan fingerprint density at radius 3 is 2.69 bits per heavy atom. The molecule has 0 bridgehead atoms. The predicted molar refractivity (Wildman–Crippen MR) is 51.9 cm³/mol. The van der Waals surface area contributed by atoms with Crippen molar-refractivity contribution in [3.63, 3.8) is 0 Å². The third-order valence-corrected chi connectivity index (χ3v) is 2.07. The molecular weight excluding hydrogens is 223 g/mol. The van der Waals surface area contributed by atoms with E-state index in [1.165, 1.54) is 0 Å². The lowest BCUT2D eigenvalue weighted by Gasteiger charge is -2.16. The van der Waals surface area contributed by atoms with Crippen LogP contribution in [0, 0.1) is 0 Å². The number of hydrogen-bond donors (Lipinski definition) is 1. The molecule has 0 saturated heterocycles. The molecule has 0 amide bonds. The summed E-state index contributed by atoms with van der Waals surface area (Å²) in [5, 5.41) is 2.86. The average Bonchev–Trinajstić information content (AvgIpc) is 2.58. The second kappa shape index (κ2) is 5.31. The normalized spacial score (nSPS) is 14.1. The molecule has 1 unspecified atom stereocenters. The van der Waals surface area contributed by atoms with E-state index in [0.717, 1.165) is 0 Å². The highest BCUT2D eigenvalue weighted by Crippen LogP contribution is 2.16. The molecule has 0 aliphatic rings. The molecule has 16 heavy (non-hydrogen) atoms. The first-order valence-electron chi connectivity index (χ1n) is 4.73. The van der Waals surface area contributed by atoms with Crippen molar-refractivity contribution in [2.24, 2.45) is 7.05 Å². The van der Waals surface area contributed by atoms with Crippen molar-refractivity contribution in [2.45, 2.75) is 12.2 Å². The maximum atomic E-state index is 11.9. The molecule has 1 heterocycles. The van der Waals surface area contributed by atoms with Crippen LogP contribution in [0.4, 0.5) is 13.2 Å². The van der Waals surface area contributed by atoms with Gasteiger partial charge in [0.25, 0.3) is 0 Å². The van der Waals surface area contributed by atoms with E-state index >= 15 is 0 Å². The second-order valence-electron chi connectivity index (χ2n) is 3.37. The van der Waals surface area contributed by atoms with Gasteiger partial charge in [0.15, 0.2) is 0 Å². The maximum Gasteiger partial charge on any atom is 0.411 e. The van der Waals surface area contributed by atoms with Gasteiger partial charge in [0.2, 0.25) is 0 Å². The minimum atomic E-state index is -4.29. The molecule has 0 saturated carbocycles. The molecule has 4 nitrogen and oxygen atoms in total. The van der Waals surface area contributed by atoms with E-state index in [-0.39, 0.29) is 12.6 Å². The van der Waals surface area contributed by atoms with Crippen LogP contribution in [-0.2, 0) is 11.8 Å². The molecule has 0 aromatic carbocycles. The lowest BCUT2D eigenvalue weighted by atomic mass is 10.3. The molecule has 0 aliphatic carbocycles. The minimum Gasteiger partial charge on any atom is -0.370 e. The van der Waals surface area contributed by atoms with Crippen LogP contribution in [0.2, 0.25) is 0 Å². The molecule has 92 valence electrons. The van der Waals surface area contributed by atoms with Gasteiger partial charge < -0.3 is 14.6 Å². The van der Waals surface area contributed by atoms with Crippen LogP contribution in [0.5, 0.6) is 0 Å². The van der Waals surface area contributed by atoms with Crippen LogP contribution in [-0.4, -0.2) is 36.0 Å². The van der Waals surface area contributed by atoms with Gasteiger partial charge in [-0.1, -0.05) is 0 Å². The van der Waals surface area contributed by atoms with Crippen LogP contribution in [0.1, 0.15) is 11.9 Å². The van der Waals surface area contributed by atoms with E-state index in [2.05, 4.69) is 15.0 Å². The van der Waals surface area contributed by atoms with E-state index in [1.807, 2.05) is 0 Å². The molecule has 1 atom stereocenters. The lowest BCUT2D eigenvalue weighted by molar-refractivity contribution is -0.175. The van der Waals surface area contributed by atoms with Gasteiger partial charge in [-0.15, -0.1) is 0 Å². The summed E-state index contributed by atoms with van der Waals surface area (Å²) in [6.45, 7) is -1.31. The number of halogens is 3. The van der Waals surface area contributed by atoms with Gasteiger partial charge in [0.05, 0.1) is 12.6 Å². The molecule has 1 aromatic heterocycles. The highest BCUT2D eigenvalue weighted by atomic mass is 19.4. The third-order valence-electron chi connectivity index (χ3n) is 2.07. The minimum absolute atomic E-state index is 0.0686. The van der Waals surface area contributed by atoms with Gasteiger partial charge in [-0.05, 0) is 7.05 Å². The van der Waals surface area contributed by atoms with Crippen molar-refractivity contribution in [1.82, 2.24) is 14.9 Å². The Morgan fingerprint density at radius 1 is 1.56 bits per heavy atom. The van der Waals surface area contributed by atoms with Crippen LogP contribution >= 0.6 is 0 Å². The molecule has 0 fully saturated rings. The Labute approximate surface area is 91.4 Å². The number of imidazole rings is 1. The topological polar surface area (TPSA) is 39.1 Å². The Bertz CT molecular complexity index is 324. The van der Waals surface area contributed by atoms with Crippen LogP contribution < -0.4 is 5.32 Å². The fraction of sp³-hybridized carbons (Fsp3) is 0.667. The Hall–Kier alpha value is -1.08. The SMILES string of the molecule is CNC(COCC(F)(F)F)c1nccn1C. The predicted octanol–water partition coefficient (Wildman–Crippen LogP) is 1.26. The Balaban J connectivity index is 2.48. The number of ether oxygens (including phenoxy) is 1. The maximum absolute atomic E-state index is 11.9. The summed E-state index contributed by atoms with van der Waals surface area (Å²) < 4.78 is 41.9. The quantitative estimate of drug-likeness (QED) is 0.838. The summed E-state index contributed by atoms with van der Waals surface area (Å²) >= 11 is 0. The van der Waals surface area contributed by atoms with Gasteiger partial charge in [0, 0.05) is 19.4 Å². The van der Waals surface area contributed by atoms with E-state index in [4.69, 9.17) is 0 Å². The van der Waals surface area contributed by atoms with Gasteiger partial charge in [-0.25, -0.2) is 4.98 Å². The van der Waals surface area contributed by atoms with Crippen molar-refractivity contribution in [3.8, 4) is 0 Å². The zero-order chi connectivity index (χ0) is 12.2. The number of aromatic nitrogens is 2. The fourth-order valence-corrected chi connectivity index (χ4v) is 1.29. The smallest absolute Gasteiger partial charge is 0.370 e. The zero-order valence-electron chi connectivity index (χ0n) is 9.08. The first-order chi connectivity index (χ1) is 7.44. The highest BCUT2D eigenvalue weighted by Gasteiger charge is 2.28. The molecule has 1 rings (SSSR count). The van der Waals surface area contributed by atoms with Crippen LogP contribution in [0.3, 0.4) is 0 Å². The molecule has 7 heteroatoms. The van der Waals surface area contributed by atoms with Crippen molar-refractivity contribution in [2.75, 3.05) is 20.3 Å². The standard InChI is InChI=1S/C9H14F3N3O/c1-13-7(5-16-6-9(10,11)12)8-14-3-4-15(8)2/h3-4,7,13H,5-6H2,1-2H3. The molecule has 1 N–H and O–H groups in total. The highest BCUT2D eigenvalue weighted by molar-refractivity contribution is 4.98. The van der Waals surface area contributed by atoms with Crippen LogP contribution in [0.25, 0.3) is 0 Å². The van der Waals surface area contributed by atoms with Crippen LogP contribution in [0.15, 0.2) is 12.4 Å². The number of alkyl halides is 3. The summed E-state index contributed by atoms with van der Waals surface area (Å²) in [5.74, 6) is 0.643. The molecule has 0 aliphatic heterocycles.